The van der Waals surface area contributed by atoms with Crippen LogP contribution in [0.1, 0.15) is 12.8 Å². The van der Waals surface area contributed by atoms with Crippen LogP contribution in [0.4, 0.5) is 4.39 Å². The third-order valence-corrected chi connectivity index (χ3v) is 3.77. The summed E-state index contributed by atoms with van der Waals surface area (Å²) in [6, 6.07) is 4.46. The Hall–Kier alpha value is -2.15. The van der Waals surface area contributed by atoms with Crippen molar-refractivity contribution in [2.45, 2.75) is 19.4 Å². The molecule has 0 aliphatic carbocycles. The third kappa shape index (κ3) is 3.49. The van der Waals surface area contributed by atoms with Gasteiger partial charge in [-0.1, -0.05) is 11.3 Å². The molecule has 1 N–H and O–H groups in total. The molecule has 5 nitrogen and oxygen atoms in total. The van der Waals surface area contributed by atoms with E-state index in [2.05, 4.69) is 0 Å². The zero-order valence-electron chi connectivity index (χ0n) is 11.3. The Bertz CT molecular complexity index is 707. The molecular formula is C14H14FNO4S. The van der Waals surface area contributed by atoms with E-state index in [-0.39, 0.29) is 23.6 Å². The van der Waals surface area contributed by atoms with Gasteiger partial charge in [0, 0.05) is 23.9 Å². The monoisotopic (exact) mass is 311 g/mol. The lowest BCUT2D eigenvalue weighted by Gasteiger charge is -2.08. The molecule has 0 radical (unpaired) electrons. The van der Waals surface area contributed by atoms with Gasteiger partial charge in [0.15, 0.2) is 11.6 Å². The molecular weight excluding hydrogens is 297 g/mol. The Labute approximate surface area is 124 Å². The zero-order chi connectivity index (χ0) is 15.4. The second-order valence-electron chi connectivity index (χ2n) is 4.39. The van der Waals surface area contributed by atoms with E-state index in [4.69, 9.17) is 9.84 Å². The second kappa shape index (κ2) is 6.53. The average Bonchev–Trinajstić information content (AvgIpc) is 2.80. The molecule has 1 aromatic heterocycles. The highest BCUT2D eigenvalue weighted by molar-refractivity contribution is 7.07. The van der Waals surface area contributed by atoms with Crippen molar-refractivity contribution >= 4 is 17.3 Å². The molecule has 0 amide bonds. The van der Waals surface area contributed by atoms with Crippen molar-refractivity contribution in [3.63, 3.8) is 0 Å². The summed E-state index contributed by atoms with van der Waals surface area (Å²) < 4.78 is 20.1. The van der Waals surface area contributed by atoms with E-state index >= 15 is 0 Å². The van der Waals surface area contributed by atoms with Gasteiger partial charge in [-0.3, -0.25) is 14.2 Å². The topological polar surface area (TPSA) is 68.5 Å². The van der Waals surface area contributed by atoms with Gasteiger partial charge in [0.05, 0.1) is 12.8 Å². The van der Waals surface area contributed by atoms with Crippen molar-refractivity contribution in [3.05, 3.63) is 39.1 Å². The predicted octanol–water partition coefficient (Wildman–Crippen LogP) is 2.59. The van der Waals surface area contributed by atoms with Crippen LogP contribution in [0.3, 0.4) is 0 Å². The standard InChI is InChI=1S/C14H14FNO4S/c1-20-12-5-4-9(7-10(12)15)11-8-21-14(19)16(11)6-2-3-13(17)18/h4-5,7-8H,2-3,6H2,1H3,(H,17,18). The number of thiazole rings is 1. The van der Waals surface area contributed by atoms with Crippen LogP contribution in [-0.2, 0) is 11.3 Å². The number of aromatic nitrogens is 1. The van der Waals surface area contributed by atoms with E-state index in [1.54, 1.807) is 11.4 Å². The third-order valence-electron chi connectivity index (χ3n) is 3.00. The molecule has 2 aromatic rings. The molecule has 1 heterocycles. The Balaban J connectivity index is 2.30. The van der Waals surface area contributed by atoms with Crippen LogP contribution in [0.15, 0.2) is 28.4 Å². The normalized spacial score (nSPS) is 10.6. The number of aliphatic carboxylic acids is 1. The number of ether oxygens (including phenoxy) is 1. The van der Waals surface area contributed by atoms with Crippen molar-refractivity contribution in [3.8, 4) is 17.0 Å². The Morgan fingerprint density at radius 3 is 2.86 bits per heavy atom. The highest BCUT2D eigenvalue weighted by atomic mass is 32.1. The van der Waals surface area contributed by atoms with Gasteiger partial charge in [-0.2, -0.15) is 0 Å². The van der Waals surface area contributed by atoms with Crippen molar-refractivity contribution in [2.24, 2.45) is 0 Å². The summed E-state index contributed by atoms with van der Waals surface area (Å²) in [5.74, 6) is -1.28. The van der Waals surface area contributed by atoms with Gasteiger partial charge in [-0.15, -0.1) is 0 Å². The zero-order valence-corrected chi connectivity index (χ0v) is 12.2. The fourth-order valence-electron chi connectivity index (χ4n) is 1.98. The van der Waals surface area contributed by atoms with Crippen LogP contribution in [0.2, 0.25) is 0 Å². The first-order chi connectivity index (χ1) is 10.0. The van der Waals surface area contributed by atoms with Crippen LogP contribution in [0, 0.1) is 5.82 Å². The first kappa shape index (κ1) is 15.2. The Kier molecular flexibility index (Phi) is 4.74. The summed E-state index contributed by atoms with van der Waals surface area (Å²) in [6.45, 7) is 0.289. The molecule has 21 heavy (non-hydrogen) atoms. The van der Waals surface area contributed by atoms with Crippen molar-refractivity contribution in [1.82, 2.24) is 4.57 Å². The number of rotatable bonds is 6. The Morgan fingerprint density at radius 1 is 1.48 bits per heavy atom. The van der Waals surface area contributed by atoms with Crippen LogP contribution >= 0.6 is 11.3 Å². The van der Waals surface area contributed by atoms with E-state index in [9.17, 15) is 14.0 Å². The fraction of sp³-hybridized carbons (Fsp3) is 0.286. The number of carboxylic acid groups (broad SMARTS) is 1. The van der Waals surface area contributed by atoms with Crippen molar-refractivity contribution < 1.29 is 19.0 Å². The van der Waals surface area contributed by atoms with E-state index in [1.807, 2.05) is 0 Å². The van der Waals surface area contributed by atoms with Gasteiger partial charge < -0.3 is 9.84 Å². The minimum Gasteiger partial charge on any atom is -0.494 e. The van der Waals surface area contributed by atoms with Crippen LogP contribution in [0.5, 0.6) is 5.75 Å². The van der Waals surface area contributed by atoms with Gasteiger partial charge in [0.1, 0.15) is 0 Å². The summed E-state index contributed by atoms with van der Waals surface area (Å²) in [7, 11) is 1.38. The van der Waals surface area contributed by atoms with Gasteiger partial charge >= 0.3 is 10.8 Å². The molecule has 7 heteroatoms. The van der Waals surface area contributed by atoms with Crippen molar-refractivity contribution in [1.29, 1.82) is 0 Å². The quantitative estimate of drug-likeness (QED) is 0.890. The lowest BCUT2D eigenvalue weighted by atomic mass is 10.1. The van der Waals surface area contributed by atoms with E-state index in [1.165, 1.54) is 23.8 Å². The molecule has 2 rings (SSSR count). The van der Waals surface area contributed by atoms with E-state index in [0.717, 1.165) is 11.3 Å². The molecule has 0 unspecified atom stereocenters. The number of hydrogen-bond acceptors (Lipinski definition) is 4. The summed E-state index contributed by atoms with van der Waals surface area (Å²) in [5, 5.41) is 10.3. The van der Waals surface area contributed by atoms with Crippen LogP contribution < -0.4 is 9.61 Å². The predicted molar refractivity (Wildman–Crippen MR) is 77.4 cm³/mol. The van der Waals surface area contributed by atoms with Crippen molar-refractivity contribution in [2.75, 3.05) is 7.11 Å². The van der Waals surface area contributed by atoms with Gasteiger partial charge in [0.2, 0.25) is 0 Å². The lowest BCUT2D eigenvalue weighted by Crippen LogP contribution is -2.15. The Morgan fingerprint density at radius 2 is 2.24 bits per heavy atom. The van der Waals surface area contributed by atoms with E-state index in [0.29, 0.717) is 17.7 Å². The molecule has 0 atom stereocenters. The number of hydrogen-bond donors (Lipinski definition) is 1. The minimum atomic E-state index is -0.907. The summed E-state index contributed by atoms with van der Waals surface area (Å²) in [4.78, 5) is 22.2. The highest BCUT2D eigenvalue weighted by Crippen LogP contribution is 2.26. The molecule has 1 aromatic carbocycles. The maximum Gasteiger partial charge on any atom is 0.307 e. The number of nitrogens with zero attached hydrogens (tertiary/aromatic N) is 1. The molecule has 0 spiro atoms. The molecule has 0 saturated carbocycles. The molecule has 0 aliphatic rings. The number of carboxylic acids is 1. The maximum absolute atomic E-state index is 13.7. The molecule has 0 fully saturated rings. The first-order valence-corrected chi connectivity index (χ1v) is 7.15. The fourth-order valence-corrected chi connectivity index (χ4v) is 2.77. The lowest BCUT2D eigenvalue weighted by molar-refractivity contribution is -0.137. The number of benzene rings is 1. The summed E-state index contributed by atoms with van der Waals surface area (Å²) in [6.07, 6.45) is 0.330. The summed E-state index contributed by atoms with van der Waals surface area (Å²) >= 11 is 1.01. The smallest absolute Gasteiger partial charge is 0.307 e. The maximum atomic E-state index is 13.7. The van der Waals surface area contributed by atoms with Gasteiger partial charge in [-0.25, -0.2) is 4.39 Å². The largest absolute Gasteiger partial charge is 0.494 e. The first-order valence-electron chi connectivity index (χ1n) is 6.27. The molecule has 112 valence electrons. The van der Waals surface area contributed by atoms with Crippen LogP contribution in [0.25, 0.3) is 11.3 Å². The SMILES string of the molecule is COc1ccc(-c2csc(=O)n2CCCC(=O)O)cc1F. The highest BCUT2D eigenvalue weighted by Gasteiger charge is 2.12. The van der Waals surface area contributed by atoms with Gasteiger partial charge in [0.25, 0.3) is 0 Å². The molecule has 0 saturated heterocycles. The second-order valence-corrected chi connectivity index (χ2v) is 5.21. The number of halogens is 1. The molecule has 0 aliphatic heterocycles. The average molecular weight is 311 g/mol. The number of methoxy groups -OCH3 is 1. The van der Waals surface area contributed by atoms with Crippen LogP contribution in [-0.4, -0.2) is 22.8 Å². The number of carbonyl (C=O) groups is 1. The van der Waals surface area contributed by atoms with Gasteiger partial charge in [-0.05, 0) is 24.6 Å². The minimum absolute atomic E-state index is 0.0152. The van der Waals surface area contributed by atoms with E-state index < -0.39 is 11.8 Å². The summed E-state index contributed by atoms with van der Waals surface area (Å²) in [5.41, 5.74) is 1.14. The molecule has 0 bridgehead atoms.